The van der Waals surface area contributed by atoms with Gasteiger partial charge in [0.15, 0.2) is 11.5 Å². The predicted octanol–water partition coefficient (Wildman–Crippen LogP) is 6.05. The second kappa shape index (κ2) is 13.9. The van der Waals surface area contributed by atoms with E-state index in [0.29, 0.717) is 29.2 Å². The molecule has 0 aliphatic rings. The van der Waals surface area contributed by atoms with E-state index in [1.54, 1.807) is 43.5 Å². The maximum absolute atomic E-state index is 12.8. The van der Waals surface area contributed by atoms with Crippen molar-refractivity contribution in [2.75, 3.05) is 7.11 Å². The lowest BCUT2D eigenvalue weighted by atomic mass is 10.0. The van der Waals surface area contributed by atoms with Gasteiger partial charge in [-0.15, -0.1) is 0 Å². The number of benzene rings is 4. The molecule has 2 amide bonds. The van der Waals surface area contributed by atoms with Crippen molar-refractivity contribution in [2.45, 2.75) is 19.1 Å². The average molecular weight is 586 g/mol. The number of nitrogens with one attached hydrogen (secondary N) is 2. The molecule has 0 aliphatic carbocycles. The number of ether oxygens (including phenoxy) is 2. The lowest BCUT2D eigenvalue weighted by Gasteiger charge is -2.18. The van der Waals surface area contributed by atoms with Crippen LogP contribution in [0.25, 0.3) is 0 Å². The van der Waals surface area contributed by atoms with E-state index in [0.717, 1.165) is 15.6 Å². The van der Waals surface area contributed by atoms with Crippen LogP contribution in [0.5, 0.6) is 11.5 Å². The number of hydrogen-bond donors (Lipinski definition) is 2. The molecule has 0 aromatic heterocycles. The fourth-order valence-corrected chi connectivity index (χ4v) is 4.26. The number of carbonyl (C=O) groups is 2. The lowest BCUT2D eigenvalue weighted by molar-refractivity contribution is -0.121. The fraction of sp³-hybridized carbons (Fsp3) is 0.129. The Morgan fingerprint density at radius 2 is 1.54 bits per heavy atom. The molecule has 0 saturated heterocycles. The van der Waals surface area contributed by atoms with Crippen molar-refractivity contribution >= 4 is 34.0 Å². The molecular formula is C31H28BrN3O4. The van der Waals surface area contributed by atoms with Crippen LogP contribution < -0.4 is 20.2 Å². The third-order valence-electron chi connectivity index (χ3n) is 5.85. The van der Waals surface area contributed by atoms with E-state index in [2.05, 4.69) is 31.8 Å². The zero-order chi connectivity index (χ0) is 27.5. The van der Waals surface area contributed by atoms with Gasteiger partial charge in [0.1, 0.15) is 6.61 Å². The number of hydrazone groups is 1. The van der Waals surface area contributed by atoms with Crippen LogP contribution in [0.1, 0.15) is 39.5 Å². The quantitative estimate of drug-likeness (QED) is 0.166. The van der Waals surface area contributed by atoms with Crippen LogP contribution in [-0.4, -0.2) is 25.1 Å². The highest BCUT2D eigenvalue weighted by atomic mass is 79.9. The standard InChI is InChI=1S/C31H28BrN3O4/c1-38-28-17-25(26(32)18-29(28)39-21-22-11-5-2-6-12-22)20-33-35-30(36)19-27(23-13-7-3-8-14-23)34-31(37)24-15-9-4-10-16-24/h2-18,20,27H,19,21H2,1H3,(H,34,37)(H,35,36)/b33-20-/t27-/m1/s1. The molecule has 4 aromatic rings. The molecule has 0 saturated carbocycles. The Morgan fingerprint density at radius 3 is 2.21 bits per heavy atom. The summed E-state index contributed by atoms with van der Waals surface area (Å²) in [4.78, 5) is 25.5. The Kier molecular flexibility index (Phi) is 9.85. The number of halogens is 1. The number of carbonyl (C=O) groups excluding carboxylic acids is 2. The lowest BCUT2D eigenvalue weighted by Crippen LogP contribution is -2.32. The molecule has 2 N–H and O–H groups in total. The van der Waals surface area contributed by atoms with Crippen molar-refractivity contribution in [3.05, 3.63) is 130 Å². The Morgan fingerprint density at radius 1 is 0.897 bits per heavy atom. The van der Waals surface area contributed by atoms with Crippen LogP contribution in [0.3, 0.4) is 0 Å². The third kappa shape index (κ3) is 8.02. The van der Waals surface area contributed by atoms with Crippen molar-refractivity contribution in [3.8, 4) is 11.5 Å². The second-order valence-electron chi connectivity index (χ2n) is 8.60. The molecule has 7 nitrogen and oxygen atoms in total. The third-order valence-corrected chi connectivity index (χ3v) is 6.53. The van der Waals surface area contributed by atoms with Crippen molar-refractivity contribution in [1.82, 2.24) is 10.7 Å². The summed E-state index contributed by atoms with van der Waals surface area (Å²) < 4.78 is 12.2. The van der Waals surface area contributed by atoms with E-state index < -0.39 is 6.04 Å². The summed E-state index contributed by atoms with van der Waals surface area (Å²) in [6.45, 7) is 0.399. The first-order valence-corrected chi connectivity index (χ1v) is 13.1. The highest BCUT2D eigenvalue weighted by molar-refractivity contribution is 9.10. The normalized spacial score (nSPS) is 11.5. The van der Waals surface area contributed by atoms with E-state index in [1.807, 2.05) is 66.7 Å². The van der Waals surface area contributed by atoms with E-state index in [9.17, 15) is 9.59 Å². The van der Waals surface area contributed by atoms with Gasteiger partial charge in [0, 0.05) is 15.6 Å². The van der Waals surface area contributed by atoms with Crippen molar-refractivity contribution in [2.24, 2.45) is 5.10 Å². The number of nitrogens with zero attached hydrogens (tertiary/aromatic N) is 1. The maximum atomic E-state index is 12.8. The molecule has 39 heavy (non-hydrogen) atoms. The first-order chi connectivity index (χ1) is 19.0. The maximum Gasteiger partial charge on any atom is 0.251 e. The van der Waals surface area contributed by atoms with Gasteiger partial charge in [-0.2, -0.15) is 5.10 Å². The summed E-state index contributed by atoms with van der Waals surface area (Å²) in [7, 11) is 1.56. The number of rotatable bonds is 11. The van der Waals surface area contributed by atoms with Crippen LogP contribution in [0.15, 0.2) is 113 Å². The molecule has 4 aromatic carbocycles. The highest BCUT2D eigenvalue weighted by Gasteiger charge is 2.19. The molecule has 0 bridgehead atoms. The minimum absolute atomic E-state index is 0.0106. The molecule has 0 heterocycles. The van der Waals surface area contributed by atoms with Gasteiger partial charge in [-0.1, -0.05) is 78.9 Å². The van der Waals surface area contributed by atoms with Gasteiger partial charge in [-0.3, -0.25) is 9.59 Å². The molecule has 1 atom stereocenters. The van der Waals surface area contributed by atoms with E-state index in [4.69, 9.17) is 9.47 Å². The number of amides is 2. The van der Waals surface area contributed by atoms with Crippen LogP contribution >= 0.6 is 15.9 Å². The van der Waals surface area contributed by atoms with Crippen molar-refractivity contribution in [1.29, 1.82) is 0 Å². The smallest absolute Gasteiger partial charge is 0.251 e. The summed E-state index contributed by atoms with van der Waals surface area (Å²) in [6, 6.07) is 31.1. The summed E-state index contributed by atoms with van der Waals surface area (Å²) in [5, 5.41) is 7.07. The minimum Gasteiger partial charge on any atom is -0.493 e. The SMILES string of the molecule is COc1cc(/C=N\NC(=O)C[C@@H](NC(=O)c2ccccc2)c2ccccc2)c(Br)cc1OCc1ccccc1. The Labute approximate surface area is 236 Å². The van der Waals surface area contributed by atoms with Crippen LogP contribution in [0.4, 0.5) is 0 Å². The molecule has 198 valence electrons. The van der Waals surface area contributed by atoms with Crippen molar-refractivity contribution < 1.29 is 19.1 Å². The van der Waals surface area contributed by atoms with Crippen LogP contribution in [0, 0.1) is 0 Å². The van der Waals surface area contributed by atoms with Gasteiger partial charge in [-0.25, -0.2) is 5.43 Å². The van der Waals surface area contributed by atoms with E-state index in [-0.39, 0.29) is 18.2 Å². The Hall–Kier alpha value is -4.43. The summed E-state index contributed by atoms with van der Waals surface area (Å²) in [5.74, 6) is 0.509. The summed E-state index contributed by atoms with van der Waals surface area (Å²) in [5.41, 5.74) is 5.63. The molecular weight excluding hydrogens is 558 g/mol. The number of hydrogen-bond acceptors (Lipinski definition) is 5. The molecule has 4 rings (SSSR count). The molecule has 0 aliphatic heterocycles. The van der Waals surface area contributed by atoms with Gasteiger partial charge >= 0.3 is 0 Å². The predicted molar refractivity (Wildman–Crippen MR) is 155 cm³/mol. The van der Waals surface area contributed by atoms with Gasteiger partial charge in [0.25, 0.3) is 5.91 Å². The fourth-order valence-electron chi connectivity index (χ4n) is 3.83. The van der Waals surface area contributed by atoms with Gasteiger partial charge in [0.2, 0.25) is 5.91 Å². The second-order valence-corrected chi connectivity index (χ2v) is 9.45. The zero-order valence-corrected chi connectivity index (χ0v) is 22.9. The number of methoxy groups -OCH3 is 1. The van der Waals surface area contributed by atoms with Gasteiger partial charge in [-0.05, 0) is 51.3 Å². The highest BCUT2D eigenvalue weighted by Crippen LogP contribution is 2.33. The first-order valence-electron chi connectivity index (χ1n) is 12.3. The van der Waals surface area contributed by atoms with Gasteiger partial charge < -0.3 is 14.8 Å². The average Bonchev–Trinajstić information content (AvgIpc) is 2.98. The zero-order valence-electron chi connectivity index (χ0n) is 21.3. The topological polar surface area (TPSA) is 89.0 Å². The molecule has 0 spiro atoms. The first kappa shape index (κ1) is 27.6. The summed E-state index contributed by atoms with van der Waals surface area (Å²) in [6.07, 6.45) is 1.53. The Balaban J connectivity index is 1.40. The van der Waals surface area contributed by atoms with Crippen molar-refractivity contribution in [3.63, 3.8) is 0 Å². The molecule has 0 fully saturated rings. The Bertz CT molecular complexity index is 1410. The molecule has 0 unspecified atom stereocenters. The van der Waals surface area contributed by atoms with Crippen LogP contribution in [-0.2, 0) is 11.4 Å². The monoisotopic (exact) mass is 585 g/mol. The van der Waals surface area contributed by atoms with E-state index >= 15 is 0 Å². The van der Waals surface area contributed by atoms with E-state index in [1.165, 1.54) is 6.21 Å². The summed E-state index contributed by atoms with van der Waals surface area (Å²) >= 11 is 3.54. The minimum atomic E-state index is -0.526. The largest absolute Gasteiger partial charge is 0.493 e. The van der Waals surface area contributed by atoms with Crippen LogP contribution in [0.2, 0.25) is 0 Å². The molecule has 8 heteroatoms. The molecule has 0 radical (unpaired) electrons. The van der Waals surface area contributed by atoms with Gasteiger partial charge in [0.05, 0.1) is 25.8 Å².